The molecule has 248 valence electrons. The number of carbonyl (C=O) groups is 3. The second kappa shape index (κ2) is 17.8. The molecule has 0 saturated heterocycles. The summed E-state index contributed by atoms with van der Waals surface area (Å²) in [5.74, 6) is -1.01. The van der Waals surface area contributed by atoms with Gasteiger partial charge in [-0.3, -0.25) is 9.59 Å². The Labute approximate surface area is 273 Å². The highest BCUT2D eigenvalue weighted by Gasteiger charge is 2.32. The number of rotatable bonds is 17. The van der Waals surface area contributed by atoms with Gasteiger partial charge in [-0.1, -0.05) is 75.9 Å². The zero-order valence-corrected chi connectivity index (χ0v) is 28.9. The van der Waals surface area contributed by atoms with Gasteiger partial charge in [0.2, 0.25) is 0 Å². The van der Waals surface area contributed by atoms with Crippen LogP contribution in [0.25, 0.3) is 0 Å². The normalized spacial score (nSPS) is 14.2. The lowest BCUT2D eigenvalue weighted by molar-refractivity contribution is -0.147. The Morgan fingerprint density at radius 2 is 1.78 bits per heavy atom. The predicted octanol–water partition coefficient (Wildman–Crippen LogP) is 7.16. The second-order valence-electron chi connectivity index (χ2n) is 12.9. The summed E-state index contributed by atoms with van der Waals surface area (Å²) in [4.78, 5) is 45.2. The number of benzene rings is 1. The van der Waals surface area contributed by atoms with Gasteiger partial charge in [-0.05, 0) is 52.0 Å². The number of esters is 1. The molecule has 0 unspecified atom stereocenters. The fraction of sp³-hybridized carbons (Fsp3) is 0.543. The maximum Gasteiger partial charge on any atom is 0.410 e. The minimum absolute atomic E-state index is 0.0973. The summed E-state index contributed by atoms with van der Waals surface area (Å²) >= 11 is 1.34. The minimum Gasteiger partial charge on any atom is -0.461 e. The van der Waals surface area contributed by atoms with Crippen LogP contribution in [-0.2, 0) is 25.4 Å². The first kappa shape index (κ1) is 37.7. The van der Waals surface area contributed by atoms with E-state index >= 15 is 0 Å². The van der Waals surface area contributed by atoms with Gasteiger partial charge in [-0.15, -0.1) is 11.3 Å². The van der Waals surface area contributed by atoms with Gasteiger partial charge in [0.05, 0.1) is 12.5 Å². The molecule has 1 aromatic heterocycles. The number of hydrogen-bond acceptors (Lipinski definition) is 8. The van der Waals surface area contributed by atoms with E-state index in [1.165, 1.54) is 17.4 Å². The smallest absolute Gasteiger partial charge is 0.410 e. The third kappa shape index (κ3) is 13.2. The summed E-state index contributed by atoms with van der Waals surface area (Å²) < 4.78 is 17.1. The van der Waals surface area contributed by atoms with Gasteiger partial charge >= 0.3 is 12.1 Å². The molecule has 4 atom stereocenters. The van der Waals surface area contributed by atoms with E-state index in [9.17, 15) is 14.4 Å². The van der Waals surface area contributed by atoms with E-state index in [2.05, 4.69) is 18.5 Å². The lowest BCUT2D eigenvalue weighted by Crippen LogP contribution is -2.44. The summed E-state index contributed by atoms with van der Waals surface area (Å²) in [7, 11) is 1.73. The molecule has 0 spiro atoms. The zero-order valence-electron chi connectivity index (χ0n) is 28.1. The van der Waals surface area contributed by atoms with Gasteiger partial charge in [0.15, 0.2) is 0 Å². The molecular formula is C35H51N3O6S. The number of amides is 2. The number of nitrogens with zero attached hydrogens (tertiary/aromatic N) is 2. The number of hydrogen-bond donors (Lipinski definition) is 1. The van der Waals surface area contributed by atoms with Crippen LogP contribution in [0.15, 0.2) is 60.5 Å². The third-order valence-corrected chi connectivity index (χ3v) is 7.95. The molecule has 1 aromatic carbocycles. The van der Waals surface area contributed by atoms with Crippen molar-refractivity contribution in [1.82, 2.24) is 15.2 Å². The van der Waals surface area contributed by atoms with E-state index in [1.54, 1.807) is 24.3 Å². The average molecular weight is 642 g/mol. The molecule has 1 heterocycles. The van der Waals surface area contributed by atoms with Crippen molar-refractivity contribution in [3.05, 3.63) is 76.8 Å². The van der Waals surface area contributed by atoms with Crippen molar-refractivity contribution >= 4 is 29.3 Å². The average Bonchev–Trinajstić information content (AvgIpc) is 3.45. The summed E-state index contributed by atoms with van der Waals surface area (Å²) in [5.41, 5.74) is 1.53. The van der Waals surface area contributed by atoms with Crippen LogP contribution in [-0.4, -0.2) is 65.8 Å². The lowest BCUT2D eigenvalue weighted by atomic mass is 9.96. The number of nitrogens with one attached hydrogen (secondary N) is 1. The molecule has 2 amide bonds. The summed E-state index contributed by atoms with van der Waals surface area (Å²) in [6.07, 6.45) is 2.03. The SMILES string of the molecule is C=CCOC(=O)[C@@H](C)C[C@H](Cc1ccccc1)NC(=O)c1csc([C@@H](C[C@H](C(C)C)N(C)C(=O)OC(C)(C)C)OCC(=C)C)n1. The van der Waals surface area contributed by atoms with Crippen LogP contribution < -0.4 is 5.32 Å². The minimum atomic E-state index is -0.623. The van der Waals surface area contributed by atoms with Gasteiger partial charge in [-0.2, -0.15) is 0 Å². The molecule has 0 aliphatic carbocycles. The highest BCUT2D eigenvalue weighted by molar-refractivity contribution is 7.09. The van der Waals surface area contributed by atoms with E-state index in [0.29, 0.717) is 30.9 Å². The van der Waals surface area contributed by atoms with Crippen molar-refractivity contribution in [2.24, 2.45) is 11.8 Å². The molecule has 0 aliphatic heterocycles. The zero-order chi connectivity index (χ0) is 33.7. The fourth-order valence-electron chi connectivity index (χ4n) is 4.75. The Bertz CT molecular complexity index is 1270. The third-order valence-electron chi connectivity index (χ3n) is 7.01. The van der Waals surface area contributed by atoms with Crippen LogP contribution in [0.4, 0.5) is 4.79 Å². The van der Waals surface area contributed by atoms with Gasteiger partial charge in [-0.25, -0.2) is 9.78 Å². The molecule has 45 heavy (non-hydrogen) atoms. The number of thiazole rings is 1. The Morgan fingerprint density at radius 1 is 1.11 bits per heavy atom. The molecule has 0 aliphatic rings. The number of carbonyl (C=O) groups excluding carboxylic acids is 3. The van der Waals surface area contributed by atoms with Crippen LogP contribution in [0.3, 0.4) is 0 Å². The molecule has 0 radical (unpaired) electrons. The van der Waals surface area contributed by atoms with E-state index in [-0.39, 0.29) is 42.2 Å². The largest absolute Gasteiger partial charge is 0.461 e. The molecular weight excluding hydrogens is 590 g/mol. The van der Waals surface area contributed by atoms with Gasteiger partial charge in [0, 0.05) is 30.9 Å². The van der Waals surface area contributed by atoms with Crippen molar-refractivity contribution in [1.29, 1.82) is 0 Å². The van der Waals surface area contributed by atoms with Crippen LogP contribution in [0.2, 0.25) is 0 Å². The predicted molar refractivity (Wildman–Crippen MR) is 179 cm³/mol. The van der Waals surface area contributed by atoms with Crippen LogP contribution in [0.1, 0.15) is 88.5 Å². The molecule has 10 heteroatoms. The van der Waals surface area contributed by atoms with Gasteiger partial charge < -0.3 is 24.4 Å². The fourth-order valence-corrected chi connectivity index (χ4v) is 5.61. The Morgan fingerprint density at radius 3 is 2.36 bits per heavy atom. The van der Waals surface area contributed by atoms with Crippen LogP contribution in [0, 0.1) is 11.8 Å². The maximum absolute atomic E-state index is 13.5. The lowest BCUT2D eigenvalue weighted by Gasteiger charge is -2.34. The van der Waals surface area contributed by atoms with Crippen molar-refractivity contribution in [3.63, 3.8) is 0 Å². The van der Waals surface area contributed by atoms with Crippen LogP contribution in [0.5, 0.6) is 0 Å². The summed E-state index contributed by atoms with van der Waals surface area (Å²) in [6, 6.07) is 9.25. The highest BCUT2D eigenvalue weighted by atomic mass is 32.1. The van der Waals surface area contributed by atoms with Gasteiger partial charge in [0.25, 0.3) is 5.91 Å². The van der Waals surface area contributed by atoms with Crippen molar-refractivity contribution in [3.8, 4) is 0 Å². The van der Waals surface area contributed by atoms with E-state index < -0.39 is 23.7 Å². The first-order valence-electron chi connectivity index (χ1n) is 15.4. The maximum atomic E-state index is 13.5. The molecule has 2 rings (SSSR count). The van der Waals surface area contributed by atoms with Gasteiger partial charge in [0.1, 0.15) is 29.0 Å². The second-order valence-corrected chi connectivity index (χ2v) is 13.8. The standard InChI is InChI=1S/C35H51N3O6S/c1-11-17-42-33(40)25(6)18-27(19-26-15-13-12-14-16-26)36-31(39)28-22-45-32(37-28)30(43-21-23(2)3)20-29(24(4)5)38(10)34(41)44-35(7,8)9/h11-16,22,24-25,27,29-30H,1-2,17-21H2,3-10H3,(H,36,39)/t25-,27+,29+,30+/m0/s1. The highest BCUT2D eigenvalue weighted by Crippen LogP contribution is 2.31. The molecule has 1 N–H and O–H groups in total. The quantitative estimate of drug-likeness (QED) is 0.144. The molecule has 2 aromatic rings. The molecule has 9 nitrogen and oxygen atoms in total. The monoisotopic (exact) mass is 641 g/mol. The van der Waals surface area contributed by atoms with Crippen molar-refractivity contribution in [2.75, 3.05) is 20.3 Å². The Kier molecular flexibility index (Phi) is 14.9. The molecule has 0 bridgehead atoms. The van der Waals surface area contributed by atoms with Crippen LogP contribution >= 0.6 is 11.3 Å². The summed E-state index contributed by atoms with van der Waals surface area (Å²) in [5, 5.41) is 5.44. The molecule has 0 fully saturated rings. The first-order chi connectivity index (χ1) is 21.1. The Hall–Kier alpha value is -3.50. The van der Waals surface area contributed by atoms with E-state index in [0.717, 1.165) is 11.1 Å². The van der Waals surface area contributed by atoms with Crippen molar-refractivity contribution in [2.45, 2.75) is 91.5 Å². The molecule has 0 saturated carbocycles. The summed E-state index contributed by atoms with van der Waals surface area (Å²) in [6.45, 7) is 21.3. The topological polar surface area (TPSA) is 107 Å². The van der Waals surface area contributed by atoms with E-state index in [1.807, 2.05) is 71.9 Å². The van der Waals surface area contributed by atoms with E-state index in [4.69, 9.17) is 19.2 Å². The number of aromatic nitrogens is 1. The Balaban J connectivity index is 2.28. The number of ether oxygens (including phenoxy) is 3. The first-order valence-corrected chi connectivity index (χ1v) is 16.3. The van der Waals surface area contributed by atoms with Crippen molar-refractivity contribution < 1.29 is 28.6 Å².